The average molecular weight is 358 g/mol. The van der Waals surface area contributed by atoms with Crippen molar-refractivity contribution in [3.05, 3.63) is 45.9 Å². The van der Waals surface area contributed by atoms with Crippen LogP contribution in [0.5, 0.6) is 11.5 Å². The lowest BCUT2D eigenvalue weighted by Gasteiger charge is -2.25. The Bertz CT molecular complexity index is 783. The van der Waals surface area contributed by atoms with Crippen LogP contribution in [0.2, 0.25) is 0 Å². The van der Waals surface area contributed by atoms with Crippen LogP contribution in [0.25, 0.3) is 6.08 Å². The number of carbonyl (C=O) groups is 1. The van der Waals surface area contributed by atoms with Crippen molar-refractivity contribution in [2.75, 3.05) is 13.2 Å². The lowest BCUT2D eigenvalue weighted by Crippen LogP contribution is -2.30. The number of fused-ring (bicyclic) bond motifs is 1. The zero-order chi connectivity index (χ0) is 17.8. The summed E-state index contributed by atoms with van der Waals surface area (Å²) in [5, 5.41) is 5.98. The topological polar surface area (TPSA) is 60.5 Å². The number of amides is 1. The van der Waals surface area contributed by atoms with Crippen molar-refractivity contribution in [3.8, 4) is 11.5 Å². The number of thiazole rings is 1. The molecule has 132 valence electrons. The quantitative estimate of drug-likeness (QED) is 0.827. The van der Waals surface area contributed by atoms with Crippen molar-refractivity contribution >= 4 is 23.3 Å². The van der Waals surface area contributed by atoms with Crippen LogP contribution in [0.1, 0.15) is 36.2 Å². The molecule has 0 saturated carbocycles. The number of hydrogen-bond acceptors (Lipinski definition) is 5. The van der Waals surface area contributed by atoms with Gasteiger partial charge in [-0.3, -0.25) is 4.79 Å². The summed E-state index contributed by atoms with van der Waals surface area (Å²) in [6.45, 7) is 7.21. The average Bonchev–Trinajstić information content (AvgIpc) is 3.02. The molecule has 25 heavy (non-hydrogen) atoms. The van der Waals surface area contributed by atoms with E-state index in [0.717, 1.165) is 27.8 Å². The molecule has 0 spiro atoms. The molecule has 0 radical (unpaired) electrons. The molecule has 0 aliphatic carbocycles. The second kappa shape index (κ2) is 7.70. The highest BCUT2D eigenvalue weighted by molar-refractivity contribution is 7.09. The number of hydrogen-bond donors (Lipinski definition) is 1. The van der Waals surface area contributed by atoms with E-state index < -0.39 is 0 Å². The van der Waals surface area contributed by atoms with E-state index in [9.17, 15) is 4.79 Å². The van der Waals surface area contributed by atoms with Crippen molar-refractivity contribution < 1.29 is 14.3 Å². The molecule has 2 heterocycles. The molecular weight excluding hydrogens is 336 g/mol. The first kappa shape index (κ1) is 17.5. The Kier molecular flexibility index (Phi) is 5.38. The van der Waals surface area contributed by atoms with Gasteiger partial charge in [-0.15, -0.1) is 11.3 Å². The van der Waals surface area contributed by atoms with E-state index in [2.05, 4.69) is 24.1 Å². The van der Waals surface area contributed by atoms with Gasteiger partial charge < -0.3 is 14.8 Å². The molecule has 1 aromatic heterocycles. The Morgan fingerprint density at radius 3 is 2.72 bits per heavy atom. The maximum Gasteiger partial charge on any atom is 0.244 e. The first-order valence-corrected chi connectivity index (χ1v) is 9.21. The summed E-state index contributed by atoms with van der Waals surface area (Å²) in [5.74, 6) is 1.58. The van der Waals surface area contributed by atoms with Gasteiger partial charge in [-0.1, -0.05) is 19.9 Å². The normalized spacial score (nSPS) is 14.7. The highest BCUT2D eigenvalue weighted by Crippen LogP contribution is 2.34. The van der Waals surface area contributed by atoms with Gasteiger partial charge in [0.1, 0.15) is 13.2 Å². The summed E-state index contributed by atoms with van der Waals surface area (Å²) in [6, 6.07) is 5.73. The molecule has 5 nitrogen and oxygen atoms in total. The van der Waals surface area contributed by atoms with Crippen LogP contribution in [0.4, 0.5) is 0 Å². The van der Waals surface area contributed by atoms with Gasteiger partial charge in [-0.05, 0) is 36.6 Å². The smallest absolute Gasteiger partial charge is 0.244 e. The fourth-order valence-corrected chi connectivity index (χ4v) is 3.29. The zero-order valence-electron chi connectivity index (χ0n) is 14.6. The Hall–Kier alpha value is -2.34. The maximum atomic E-state index is 12.3. The molecule has 1 N–H and O–H groups in total. The van der Waals surface area contributed by atoms with Gasteiger partial charge >= 0.3 is 0 Å². The second-order valence-electron chi connectivity index (χ2n) is 6.26. The largest absolute Gasteiger partial charge is 0.486 e. The highest BCUT2D eigenvalue weighted by atomic mass is 32.1. The first-order valence-electron chi connectivity index (χ1n) is 8.33. The van der Waals surface area contributed by atoms with Crippen LogP contribution < -0.4 is 14.8 Å². The van der Waals surface area contributed by atoms with Gasteiger partial charge in [0.2, 0.25) is 5.91 Å². The Morgan fingerprint density at radius 2 is 2.04 bits per heavy atom. The zero-order valence-corrected chi connectivity index (χ0v) is 15.4. The summed E-state index contributed by atoms with van der Waals surface area (Å²) < 4.78 is 11.2. The number of ether oxygens (including phenoxy) is 2. The Labute approximate surface area is 151 Å². The predicted molar refractivity (Wildman–Crippen MR) is 99.0 cm³/mol. The second-order valence-corrected chi connectivity index (χ2v) is 7.32. The van der Waals surface area contributed by atoms with E-state index in [1.165, 1.54) is 6.08 Å². The van der Waals surface area contributed by atoms with E-state index >= 15 is 0 Å². The third-order valence-electron chi connectivity index (χ3n) is 3.93. The van der Waals surface area contributed by atoms with E-state index in [4.69, 9.17) is 9.47 Å². The molecule has 1 aromatic carbocycles. The number of aryl methyl sites for hydroxylation is 1. The fourth-order valence-electron chi connectivity index (χ4n) is 2.71. The molecule has 2 aromatic rings. The van der Waals surface area contributed by atoms with Crippen LogP contribution >= 0.6 is 11.3 Å². The van der Waals surface area contributed by atoms with Crippen molar-refractivity contribution in [2.24, 2.45) is 5.92 Å². The molecular formula is C19H22N2O3S. The SMILES string of the molecule is Cc1nc(/C=C/C(=O)NC(c2ccc3c(c2)OCCO3)C(C)C)cs1. The molecule has 0 bridgehead atoms. The lowest BCUT2D eigenvalue weighted by atomic mass is 9.95. The summed E-state index contributed by atoms with van der Waals surface area (Å²) >= 11 is 1.56. The Morgan fingerprint density at radius 1 is 1.28 bits per heavy atom. The van der Waals surface area contributed by atoms with Gasteiger partial charge in [0.15, 0.2) is 11.5 Å². The van der Waals surface area contributed by atoms with Gasteiger partial charge in [0, 0.05) is 11.5 Å². The van der Waals surface area contributed by atoms with Crippen molar-refractivity contribution in [2.45, 2.75) is 26.8 Å². The minimum atomic E-state index is -0.140. The fraction of sp³-hybridized carbons (Fsp3) is 0.368. The van der Waals surface area contributed by atoms with Crippen LogP contribution in [-0.2, 0) is 4.79 Å². The third-order valence-corrected chi connectivity index (χ3v) is 4.72. The molecule has 1 aliphatic rings. The maximum absolute atomic E-state index is 12.3. The molecule has 0 fully saturated rings. The number of aromatic nitrogens is 1. The van der Waals surface area contributed by atoms with Crippen molar-refractivity contribution in [1.82, 2.24) is 10.3 Å². The summed E-state index contributed by atoms with van der Waals surface area (Å²) in [7, 11) is 0. The third kappa shape index (κ3) is 4.39. The molecule has 1 atom stereocenters. The number of carbonyl (C=O) groups excluding carboxylic acids is 1. The van der Waals surface area contributed by atoms with Gasteiger partial charge in [0.25, 0.3) is 0 Å². The number of nitrogens with zero attached hydrogens (tertiary/aromatic N) is 1. The number of rotatable bonds is 5. The van der Waals surface area contributed by atoms with E-state index in [1.807, 2.05) is 30.5 Å². The molecule has 3 rings (SSSR count). The lowest BCUT2D eigenvalue weighted by molar-refractivity contribution is -0.117. The molecule has 1 unspecified atom stereocenters. The summed E-state index contributed by atoms with van der Waals surface area (Å²) in [4.78, 5) is 16.6. The van der Waals surface area contributed by atoms with Crippen LogP contribution in [0.15, 0.2) is 29.7 Å². The van der Waals surface area contributed by atoms with Crippen molar-refractivity contribution in [3.63, 3.8) is 0 Å². The van der Waals surface area contributed by atoms with Crippen LogP contribution in [0.3, 0.4) is 0 Å². The summed E-state index contributed by atoms with van der Waals surface area (Å²) in [6.07, 6.45) is 3.27. The van der Waals surface area contributed by atoms with Crippen molar-refractivity contribution in [1.29, 1.82) is 0 Å². The first-order chi connectivity index (χ1) is 12.0. The predicted octanol–water partition coefficient (Wildman–Crippen LogP) is 3.75. The van der Waals surface area contributed by atoms with Gasteiger partial charge in [0.05, 0.1) is 16.7 Å². The Balaban J connectivity index is 1.72. The van der Waals surface area contributed by atoms with Gasteiger partial charge in [-0.25, -0.2) is 4.98 Å². The van der Waals surface area contributed by atoms with E-state index in [1.54, 1.807) is 17.4 Å². The monoisotopic (exact) mass is 358 g/mol. The minimum Gasteiger partial charge on any atom is -0.486 e. The molecule has 1 aliphatic heterocycles. The minimum absolute atomic E-state index is 0.106. The number of nitrogens with one attached hydrogen (secondary N) is 1. The van der Waals surface area contributed by atoms with Gasteiger partial charge in [-0.2, -0.15) is 0 Å². The standard InChI is InChI=1S/C19H22N2O3S/c1-12(2)19(14-4-6-16-17(10-14)24-9-8-23-16)21-18(22)7-5-15-11-25-13(3)20-15/h4-7,10-12,19H,8-9H2,1-3H3,(H,21,22)/b7-5+. The van der Waals surface area contributed by atoms with Crippen LogP contribution in [-0.4, -0.2) is 24.1 Å². The van der Waals surface area contributed by atoms with Crippen LogP contribution in [0, 0.1) is 12.8 Å². The van der Waals surface area contributed by atoms with E-state index in [-0.39, 0.29) is 17.9 Å². The number of benzene rings is 1. The molecule has 1 amide bonds. The highest BCUT2D eigenvalue weighted by Gasteiger charge is 2.20. The molecule has 0 saturated heterocycles. The van der Waals surface area contributed by atoms with E-state index in [0.29, 0.717) is 13.2 Å². The summed E-state index contributed by atoms with van der Waals surface area (Å²) in [5.41, 5.74) is 1.81. The molecule has 6 heteroatoms.